The number of methoxy groups -OCH3 is 1. The molecule has 0 bridgehead atoms. The van der Waals surface area contributed by atoms with E-state index in [-0.39, 0.29) is 5.69 Å². The Bertz CT molecular complexity index is 689. The first-order valence-electron chi connectivity index (χ1n) is 7.27. The van der Waals surface area contributed by atoms with Gasteiger partial charge in [-0.2, -0.15) is 0 Å². The Kier molecular flexibility index (Phi) is 4.00. The lowest BCUT2D eigenvalue weighted by Gasteiger charge is -2.31. The van der Waals surface area contributed by atoms with Gasteiger partial charge in [-0.3, -0.25) is 9.30 Å². The molecule has 3 rings (SSSR count). The molecule has 0 saturated carbocycles. The highest BCUT2D eigenvalue weighted by atomic mass is 16.5. The second-order valence-corrected chi connectivity index (χ2v) is 5.59. The minimum Gasteiger partial charge on any atom is -0.495 e. The van der Waals surface area contributed by atoms with E-state index in [9.17, 15) is 9.90 Å². The molecule has 7 heteroatoms. The van der Waals surface area contributed by atoms with Crippen LogP contribution < -0.4 is 4.74 Å². The van der Waals surface area contributed by atoms with Crippen LogP contribution in [0.4, 0.5) is 0 Å². The SMILES string of the molecule is COc1ccc2c(C(=O)O)nc(CN3CCN(C)CC3)n2c1. The molecule has 1 aliphatic rings. The van der Waals surface area contributed by atoms with Crippen LogP contribution in [0.25, 0.3) is 5.52 Å². The maximum Gasteiger partial charge on any atom is 0.356 e. The van der Waals surface area contributed by atoms with Crippen LogP contribution >= 0.6 is 0 Å². The molecule has 0 unspecified atom stereocenters. The van der Waals surface area contributed by atoms with Crippen LogP contribution in [0, 0.1) is 0 Å². The zero-order chi connectivity index (χ0) is 15.7. The van der Waals surface area contributed by atoms with Crippen molar-refractivity contribution in [3.8, 4) is 5.75 Å². The Hall–Kier alpha value is -2.12. The van der Waals surface area contributed by atoms with E-state index in [1.54, 1.807) is 25.4 Å². The number of hydrogen-bond acceptors (Lipinski definition) is 5. The summed E-state index contributed by atoms with van der Waals surface area (Å²) >= 11 is 0. The van der Waals surface area contributed by atoms with Gasteiger partial charge in [0.25, 0.3) is 0 Å². The molecule has 2 aromatic heterocycles. The number of hydrogen-bond donors (Lipinski definition) is 1. The van der Waals surface area contributed by atoms with Gasteiger partial charge in [0, 0.05) is 26.2 Å². The average Bonchev–Trinajstić information content (AvgIpc) is 2.87. The summed E-state index contributed by atoms with van der Waals surface area (Å²) in [6.45, 7) is 4.57. The van der Waals surface area contributed by atoms with E-state index in [4.69, 9.17) is 4.74 Å². The molecule has 0 atom stereocenters. The summed E-state index contributed by atoms with van der Waals surface area (Å²) in [7, 11) is 3.70. The molecule has 1 aliphatic heterocycles. The Morgan fingerprint density at radius 1 is 1.32 bits per heavy atom. The standard InChI is InChI=1S/C15H20N4O3/c1-17-5-7-18(8-6-17)10-13-16-14(15(20)21)12-4-3-11(22-2)9-19(12)13/h3-4,9H,5-8,10H2,1-2H3,(H,20,21). The van der Waals surface area contributed by atoms with Crippen LogP contribution in [0.5, 0.6) is 5.75 Å². The van der Waals surface area contributed by atoms with Crippen molar-refractivity contribution in [3.63, 3.8) is 0 Å². The summed E-state index contributed by atoms with van der Waals surface area (Å²) in [5.74, 6) is 0.407. The Balaban J connectivity index is 1.95. The first-order chi connectivity index (χ1) is 10.6. The predicted molar refractivity (Wildman–Crippen MR) is 81.5 cm³/mol. The topological polar surface area (TPSA) is 70.3 Å². The number of aromatic nitrogens is 2. The van der Waals surface area contributed by atoms with Crippen molar-refractivity contribution in [1.29, 1.82) is 0 Å². The van der Waals surface area contributed by atoms with E-state index in [0.717, 1.165) is 32.0 Å². The highest BCUT2D eigenvalue weighted by Crippen LogP contribution is 2.20. The van der Waals surface area contributed by atoms with Gasteiger partial charge in [0.15, 0.2) is 5.69 Å². The third-order valence-electron chi connectivity index (χ3n) is 4.08. The van der Waals surface area contributed by atoms with E-state index in [0.29, 0.717) is 17.8 Å². The van der Waals surface area contributed by atoms with Crippen LogP contribution in [0.2, 0.25) is 0 Å². The Morgan fingerprint density at radius 3 is 2.68 bits per heavy atom. The number of carbonyl (C=O) groups is 1. The molecule has 0 amide bonds. The molecule has 3 heterocycles. The van der Waals surface area contributed by atoms with Gasteiger partial charge in [0.05, 0.1) is 25.4 Å². The first-order valence-corrected chi connectivity index (χ1v) is 7.27. The fourth-order valence-electron chi connectivity index (χ4n) is 2.72. The maximum atomic E-state index is 11.4. The smallest absolute Gasteiger partial charge is 0.356 e. The lowest BCUT2D eigenvalue weighted by molar-refractivity contribution is 0.0693. The van der Waals surface area contributed by atoms with Crippen LogP contribution in [0.15, 0.2) is 18.3 Å². The van der Waals surface area contributed by atoms with Crippen LogP contribution in [0.1, 0.15) is 16.3 Å². The van der Waals surface area contributed by atoms with Crippen LogP contribution in [-0.2, 0) is 6.54 Å². The second kappa shape index (κ2) is 5.94. The van der Waals surface area contributed by atoms with Crippen molar-refractivity contribution in [2.24, 2.45) is 0 Å². The third kappa shape index (κ3) is 2.77. The average molecular weight is 304 g/mol. The van der Waals surface area contributed by atoms with Crippen molar-refractivity contribution in [2.45, 2.75) is 6.54 Å². The number of nitrogens with zero attached hydrogens (tertiary/aromatic N) is 4. The largest absolute Gasteiger partial charge is 0.495 e. The number of carboxylic acids is 1. The molecule has 7 nitrogen and oxygen atoms in total. The van der Waals surface area contributed by atoms with E-state index in [1.165, 1.54) is 0 Å². The number of piperazine rings is 1. The zero-order valence-electron chi connectivity index (χ0n) is 12.8. The highest BCUT2D eigenvalue weighted by molar-refractivity contribution is 5.93. The highest BCUT2D eigenvalue weighted by Gasteiger charge is 2.20. The normalized spacial score (nSPS) is 17.0. The van der Waals surface area contributed by atoms with E-state index in [2.05, 4.69) is 21.8 Å². The molecule has 2 aromatic rings. The molecular formula is C15H20N4O3. The number of pyridine rings is 1. The predicted octanol–water partition coefficient (Wildman–Crippen LogP) is 0.788. The third-order valence-corrected chi connectivity index (χ3v) is 4.08. The quantitative estimate of drug-likeness (QED) is 0.900. The van der Waals surface area contributed by atoms with Crippen molar-refractivity contribution in [2.75, 3.05) is 40.3 Å². The first kappa shape index (κ1) is 14.8. The molecule has 118 valence electrons. The van der Waals surface area contributed by atoms with E-state index < -0.39 is 5.97 Å². The Morgan fingerprint density at radius 2 is 2.05 bits per heavy atom. The minimum atomic E-state index is -1.01. The fraction of sp³-hybridized carbons (Fsp3) is 0.467. The van der Waals surface area contributed by atoms with Gasteiger partial charge in [-0.05, 0) is 19.2 Å². The molecule has 0 spiro atoms. The molecule has 22 heavy (non-hydrogen) atoms. The monoisotopic (exact) mass is 304 g/mol. The summed E-state index contributed by atoms with van der Waals surface area (Å²) < 4.78 is 7.05. The fourth-order valence-corrected chi connectivity index (χ4v) is 2.72. The van der Waals surface area contributed by atoms with E-state index >= 15 is 0 Å². The Labute approximate surface area is 128 Å². The van der Waals surface area contributed by atoms with Gasteiger partial charge in [-0.15, -0.1) is 0 Å². The van der Waals surface area contributed by atoms with Crippen molar-refractivity contribution in [3.05, 3.63) is 29.8 Å². The molecular weight excluding hydrogens is 284 g/mol. The molecule has 1 fully saturated rings. The molecule has 0 aromatic carbocycles. The number of aromatic carboxylic acids is 1. The van der Waals surface area contributed by atoms with Gasteiger partial charge in [-0.1, -0.05) is 0 Å². The van der Waals surface area contributed by atoms with Gasteiger partial charge < -0.3 is 14.7 Å². The lowest BCUT2D eigenvalue weighted by Crippen LogP contribution is -2.44. The number of imidazole rings is 1. The minimum absolute atomic E-state index is 0.0896. The van der Waals surface area contributed by atoms with Gasteiger partial charge in [0.2, 0.25) is 0 Å². The molecule has 0 radical (unpaired) electrons. The number of fused-ring (bicyclic) bond motifs is 1. The van der Waals surface area contributed by atoms with Crippen LogP contribution in [0.3, 0.4) is 0 Å². The van der Waals surface area contributed by atoms with Gasteiger partial charge >= 0.3 is 5.97 Å². The lowest BCUT2D eigenvalue weighted by atomic mass is 10.3. The summed E-state index contributed by atoms with van der Waals surface area (Å²) in [6, 6.07) is 3.49. The second-order valence-electron chi connectivity index (χ2n) is 5.59. The molecule has 1 N–H and O–H groups in total. The summed E-state index contributed by atoms with van der Waals surface area (Å²) in [4.78, 5) is 20.3. The molecule has 1 saturated heterocycles. The van der Waals surface area contributed by atoms with Crippen molar-refractivity contribution < 1.29 is 14.6 Å². The summed E-state index contributed by atoms with van der Waals surface area (Å²) in [5.41, 5.74) is 0.684. The van der Waals surface area contributed by atoms with Crippen LogP contribution in [-0.4, -0.2) is 70.6 Å². The zero-order valence-corrected chi connectivity index (χ0v) is 12.8. The number of likely N-dealkylation sites (N-methyl/N-ethyl adjacent to an activating group) is 1. The van der Waals surface area contributed by atoms with Gasteiger partial charge in [-0.25, -0.2) is 9.78 Å². The summed E-state index contributed by atoms with van der Waals surface area (Å²) in [6.07, 6.45) is 1.79. The number of rotatable bonds is 4. The number of carboxylic acid groups (broad SMARTS) is 1. The van der Waals surface area contributed by atoms with Crippen molar-refractivity contribution in [1.82, 2.24) is 19.2 Å². The maximum absolute atomic E-state index is 11.4. The van der Waals surface area contributed by atoms with Crippen molar-refractivity contribution >= 4 is 11.5 Å². The molecule has 0 aliphatic carbocycles. The number of ether oxygens (including phenoxy) is 1. The van der Waals surface area contributed by atoms with E-state index in [1.807, 2.05) is 4.40 Å². The van der Waals surface area contributed by atoms with Gasteiger partial charge in [0.1, 0.15) is 11.6 Å². The summed E-state index contributed by atoms with van der Waals surface area (Å²) in [5, 5.41) is 9.34.